The predicted molar refractivity (Wildman–Crippen MR) is 113 cm³/mol. The monoisotopic (exact) mass is 454 g/mol. The van der Waals surface area contributed by atoms with Crippen LogP contribution in [-0.2, 0) is 11.2 Å². The molecule has 0 aromatic heterocycles. The molecule has 0 unspecified atom stereocenters. The van der Waals surface area contributed by atoms with Crippen LogP contribution in [-0.4, -0.2) is 25.5 Å². The fraction of sp³-hybridized carbons (Fsp3) is 0.222. The maximum absolute atomic E-state index is 11.9. The van der Waals surface area contributed by atoms with E-state index in [1.807, 2.05) is 48.5 Å². The van der Waals surface area contributed by atoms with Crippen LogP contribution in [0.4, 0.5) is 11.4 Å². The van der Waals surface area contributed by atoms with Crippen molar-refractivity contribution in [2.24, 2.45) is 10.7 Å². The summed E-state index contributed by atoms with van der Waals surface area (Å²) >= 11 is 0. The molecule has 0 aliphatic rings. The second-order valence-corrected chi connectivity index (χ2v) is 5.16. The van der Waals surface area contributed by atoms with Gasteiger partial charge in [0.05, 0.1) is 7.11 Å². The maximum atomic E-state index is 11.9. The molecule has 0 saturated carbocycles. The molecule has 0 heterocycles. The zero-order chi connectivity index (χ0) is 17.4. The van der Waals surface area contributed by atoms with Crippen LogP contribution < -0.4 is 21.1 Å². The fourth-order valence-electron chi connectivity index (χ4n) is 2.09. The molecular formula is C18H23IN4O2. The number of guanidine groups is 1. The molecule has 1 amide bonds. The number of carbonyl (C=O) groups excluding carboxylic acids is 1. The Morgan fingerprint density at radius 1 is 1.12 bits per heavy atom. The van der Waals surface area contributed by atoms with Crippen LogP contribution in [0.1, 0.15) is 12.5 Å². The highest BCUT2D eigenvalue weighted by atomic mass is 127. The van der Waals surface area contributed by atoms with Gasteiger partial charge in [0, 0.05) is 11.4 Å². The maximum Gasteiger partial charge on any atom is 0.246 e. The van der Waals surface area contributed by atoms with Crippen molar-refractivity contribution in [2.75, 3.05) is 24.3 Å². The summed E-state index contributed by atoms with van der Waals surface area (Å²) in [4.78, 5) is 16.0. The Bertz CT molecular complexity index is 717. The number of anilines is 2. The number of halogens is 1. The van der Waals surface area contributed by atoms with Crippen molar-refractivity contribution in [1.29, 1.82) is 0 Å². The number of hydrogen-bond acceptors (Lipinski definition) is 3. The molecule has 25 heavy (non-hydrogen) atoms. The molecule has 0 aliphatic carbocycles. The highest BCUT2D eigenvalue weighted by Crippen LogP contribution is 2.14. The summed E-state index contributed by atoms with van der Waals surface area (Å²) < 4.78 is 5.08. The summed E-state index contributed by atoms with van der Waals surface area (Å²) in [5.41, 5.74) is 8.49. The largest absolute Gasteiger partial charge is 0.497 e. The number of aryl methyl sites for hydroxylation is 1. The van der Waals surface area contributed by atoms with Gasteiger partial charge in [0.1, 0.15) is 12.3 Å². The number of nitrogens with zero attached hydrogens (tertiary/aromatic N) is 1. The highest BCUT2D eigenvalue weighted by molar-refractivity contribution is 14.0. The SMILES string of the molecule is CCc1cccc(NC(=O)CN=C(N)Nc2ccc(OC)cc2)c1.I. The number of carbonyl (C=O) groups is 1. The smallest absolute Gasteiger partial charge is 0.246 e. The summed E-state index contributed by atoms with van der Waals surface area (Å²) in [5, 5.41) is 5.73. The Morgan fingerprint density at radius 3 is 2.48 bits per heavy atom. The highest BCUT2D eigenvalue weighted by Gasteiger charge is 2.03. The van der Waals surface area contributed by atoms with Gasteiger partial charge in [-0.2, -0.15) is 0 Å². The van der Waals surface area contributed by atoms with E-state index >= 15 is 0 Å². The van der Waals surface area contributed by atoms with Crippen molar-refractivity contribution in [2.45, 2.75) is 13.3 Å². The van der Waals surface area contributed by atoms with Crippen LogP contribution in [0.2, 0.25) is 0 Å². The molecular weight excluding hydrogens is 431 g/mol. The van der Waals surface area contributed by atoms with Crippen molar-refractivity contribution in [1.82, 2.24) is 0 Å². The lowest BCUT2D eigenvalue weighted by Crippen LogP contribution is -2.25. The summed E-state index contributed by atoms with van der Waals surface area (Å²) in [6.45, 7) is 2.02. The Hall–Kier alpha value is -2.29. The molecule has 134 valence electrons. The average molecular weight is 454 g/mol. The fourth-order valence-corrected chi connectivity index (χ4v) is 2.09. The first-order valence-electron chi connectivity index (χ1n) is 7.70. The Balaban J connectivity index is 0.00000312. The van der Waals surface area contributed by atoms with Gasteiger partial charge in [-0.3, -0.25) is 4.79 Å². The van der Waals surface area contributed by atoms with E-state index in [2.05, 4.69) is 22.5 Å². The van der Waals surface area contributed by atoms with E-state index in [1.54, 1.807) is 7.11 Å². The Morgan fingerprint density at radius 2 is 1.84 bits per heavy atom. The molecule has 0 aliphatic heterocycles. The minimum absolute atomic E-state index is 0. The Kier molecular flexibility index (Phi) is 8.76. The topological polar surface area (TPSA) is 88.7 Å². The number of nitrogens with one attached hydrogen (secondary N) is 2. The van der Waals surface area contributed by atoms with Crippen LogP contribution >= 0.6 is 24.0 Å². The number of benzene rings is 2. The molecule has 2 rings (SSSR count). The normalized spacial score (nSPS) is 10.6. The second kappa shape index (κ2) is 10.5. The number of methoxy groups -OCH3 is 1. The lowest BCUT2D eigenvalue weighted by Gasteiger charge is -2.07. The van der Waals surface area contributed by atoms with E-state index in [1.165, 1.54) is 0 Å². The predicted octanol–water partition coefficient (Wildman–Crippen LogP) is 3.24. The molecule has 4 N–H and O–H groups in total. The number of amides is 1. The number of hydrogen-bond donors (Lipinski definition) is 3. The molecule has 6 nitrogen and oxygen atoms in total. The minimum Gasteiger partial charge on any atom is -0.497 e. The van der Waals surface area contributed by atoms with Gasteiger partial charge >= 0.3 is 0 Å². The number of ether oxygens (including phenoxy) is 1. The third-order valence-electron chi connectivity index (χ3n) is 3.37. The third-order valence-corrected chi connectivity index (χ3v) is 3.37. The van der Waals surface area contributed by atoms with Crippen LogP contribution in [0.25, 0.3) is 0 Å². The zero-order valence-electron chi connectivity index (χ0n) is 14.3. The molecule has 2 aromatic carbocycles. The van der Waals surface area contributed by atoms with Gasteiger partial charge in [-0.25, -0.2) is 4.99 Å². The van der Waals surface area contributed by atoms with Gasteiger partial charge in [-0.1, -0.05) is 19.1 Å². The molecule has 0 radical (unpaired) electrons. The molecule has 0 atom stereocenters. The minimum atomic E-state index is -0.220. The van der Waals surface area contributed by atoms with E-state index < -0.39 is 0 Å². The molecule has 0 spiro atoms. The van der Waals surface area contributed by atoms with Gasteiger partial charge in [-0.15, -0.1) is 24.0 Å². The van der Waals surface area contributed by atoms with Crippen LogP contribution in [0.5, 0.6) is 5.75 Å². The van der Waals surface area contributed by atoms with Gasteiger partial charge in [0.2, 0.25) is 5.91 Å². The first kappa shape index (κ1) is 20.8. The van der Waals surface area contributed by atoms with E-state index in [0.717, 1.165) is 29.1 Å². The molecule has 2 aromatic rings. The van der Waals surface area contributed by atoms with E-state index in [9.17, 15) is 4.79 Å². The molecule has 0 fully saturated rings. The summed E-state index contributed by atoms with van der Waals surface area (Å²) in [6.07, 6.45) is 0.917. The van der Waals surface area contributed by atoms with Gasteiger partial charge in [0.15, 0.2) is 5.96 Å². The first-order valence-corrected chi connectivity index (χ1v) is 7.70. The molecule has 0 bridgehead atoms. The summed E-state index contributed by atoms with van der Waals surface area (Å²) in [7, 11) is 1.60. The van der Waals surface area contributed by atoms with E-state index in [4.69, 9.17) is 10.5 Å². The second-order valence-electron chi connectivity index (χ2n) is 5.16. The van der Waals surface area contributed by atoms with Gasteiger partial charge in [0.25, 0.3) is 0 Å². The standard InChI is InChI=1S/C18H22N4O2.HI/c1-3-13-5-4-6-15(11-13)21-17(23)12-20-18(19)22-14-7-9-16(24-2)10-8-14;/h4-11H,3,12H2,1-2H3,(H,21,23)(H3,19,20,22);1H. The quantitative estimate of drug-likeness (QED) is 0.355. The summed E-state index contributed by atoms with van der Waals surface area (Å²) in [5.74, 6) is 0.713. The van der Waals surface area contributed by atoms with Crippen molar-refractivity contribution >= 4 is 47.2 Å². The Labute approximate surface area is 164 Å². The van der Waals surface area contributed by atoms with Crippen LogP contribution in [0, 0.1) is 0 Å². The number of aliphatic imine (C=N–C) groups is 1. The van der Waals surface area contributed by atoms with Crippen LogP contribution in [0.15, 0.2) is 53.5 Å². The van der Waals surface area contributed by atoms with Gasteiger partial charge < -0.3 is 21.1 Å². The third kappa shape index (κ3) is 7.00. The van der Waals surface area contributed by atoms with Crippen molar-refractivity contribution in [3.05, 3.63) is 54.1 Å². The molecule has 7 heteroatoms. The van der Waals surface area contributed by atoms with E-state index in [0.29, 0.717) is 0 Å². The molecule has 0 saturated heterocycles. The average Bonchev–Trinajstić information content (AvgIpc) is 2.61. The number of rotatable bonds is 6. The summed E-state index contributed by atoms with van der Waals surface area (Å²) in [6, 6.07) is 15.0. The van der Waals surface area contributed by atoms with Crippen molar-refractivity contribution in [3.63, 3.8) is 0 Å². The van der Waals surface area contributed by atoms with Crippen LogP contribution in [0.3, 0.4) is 0 Å². The van der Waals surface area contributed by atoms with Crippen molar-refractivity contribution in [3.8, 4) is 5.75 Å². The lowest BCUT2D eigenvalue weighted by atomic mass is 10.1. The first-order chi connectivity index (χ1) is 11.6. The van der Waals surface area contributed by atoms with E-state index in [-0.39, 0.29) is 42.4 Å². The lowest BCUT2D eigenvalue weighted by molar-refractivity contribution is -0.114. The number of nitrogens with two attached hydrogens (primary N) is 1. The zero-order valence-corrected chi connectivity index (χ0v) is 16.6. The van der Waals surface area contributed by atoms with Crippen molar-refractivity contribution < 1.29 is 9.53 Å². The van der Waals surface area contributed by atoms with Gasteiger partial charge in [-0.05, 0) is 48.4 Å².